The largest absolute Gasteiger partial charge is 0.335 e. The van der Waals surface area contributed by atoms with Gasteiger partial charge in [0, 0.05) is 38.8 Å². The van der Waals surface area contributed by atoms with Crippen LogP contribution in [0.25, 0.3) is 0 Å². The fraction of sp³-hybridized carbons (Fsp3) is 0.438. The molecule has 1 heterocycles. The molecule has 0 N–H and O–H groups in total. The minimum Gasteiger partial charge on any atom is -0.335 e. The van der Waals surface area contributed by atoms with Crippen LogP contribution in [-0.2, 0) is 9.59 Å². The lowest BCUT2D eigenvalue weighted by Gasteiger charge is -2.35. The zero-order valence-electron chi connectivity index (χ0n) is 13.6. The van der Waals surface area contributed by atoms with E-state index in [0.717, 1.165) is 7.05 Å². The van der Waals surface area contributed by atoms with Gasteiger partial charge in [-0.05, 0) is 24.3 Å². The lowest BCUT2D eigenvalue weighted by Crippen LogP contribution is -2.54. The zero-order valence-corrected chi connectivity index (χ0v) is 13.6. The highest BCUT2D eigenvalue weighted by atomic mass is 19.3. The third kappa shape index (κ3) is 4.71. The summed E-state index contributed by atoms with van der Waals surface area (Å²) >= 11 is 0. The van der Waals surface area contributed by atoms with E-state index in [0.29, 0.717) is 10.5 Å². The summed E-state index contributed by atoms with van der Waals surface area (Å²) in [5.74, 6) is -2.61. The predicted molar refractivity (Wildman–Crippen MR) is 82.5 cm³/mol. The fourth-order valence-electron chi connectivity index (χ4n) is 2.48. The van der Waals surface area contributed by atoms with Crippen LogP contribution in [0.5, 0.6) is 0 Å². The van der Waals surface area contributed by atoms with E-state index < -0.39 is 30.6 Å². The quantitative estimate of drug-likeness (QED) is 0.753. The third-order valence-electron chi connectivity index (χ3n) is 3.89. The Morgan fingerprint density at radius 2 is 1.56 bits per heavy atom. The zero-order chi connectivity index (χ0) is 18.6. The molecule has 0 radical (unpaired) electrons. The van der Waals surface area contributed by atoms with E-state index in [1.807, 2.05) is 0 Å². The monoisotopic (exact) mass is 357 g/mol. The van der Waals surface area contributed by atoms with Gasteiger partial charge in [-0.2, -0.15) is 0 Å². The number of hydrogen-bond acceptors (Lipinski definition) is 3. The number of benzene rings is 1. The van der Waals surface area contributed by atoms with Crippen LogP contribution >= 0.6 is 0 Å². The molecule has 0 atom stereocenters. The molecule has 2 rings (SSSR count). The maximum atomic E-state index is 12.9. The molecule has 1 aromatic carbocycles. The lowest BCUT2D eigenvalue weighted by molar-refractivity contribution is -0.152. The number of carbonyl (C=O) groups excluding carboxylic acids is 3. The van der Waals surface area contributed by atoms with Gasteiger partial charge in [0.15, 0.2) is 0 Å². The van der Waals surface area contributed by atoms with Crippen LogP contribution in [0.2, 0.25) is 0 Å². The molecular weight excluding hydrogens is 339 g/mol. The number of amides is 3. The molecule has 1 aliphatic rings. The van der Waals surface area contributed by atoms with Crippen LogP contribution in [0.4, 0.5) is 13.2 Å². The Bertz CT molecular complexity index is 644. The number of halogens is 3. The fourth-order valence-corrected chi connectivity index (χ4v) is 2.48. The Balaban J connectivity index is 1.90. The number of piperazine rings is 1. The van der Waals surface area contributed by atoms with E-state index in [4.69, 9.17) is 0 Å². The van der Waals surface area contributed by atoms with Crippen LogP contribution in [0.15, 0.2) is 24.3 Å². The van der Waals surface area contributed by atoms with Crippen molar-refractivity contribution in [2.24, 2.45) is 0 Å². The molecule has 6 nitrogen and oxygen atoms in total. The van der Waals surface area contributed by atoms with Crippen molar-refractivity contribution in [3.63, 3.8) is 0 Å². The molecule has 1 aliphatic heterocycles. The summed E-state index contributed by atoms with van der Waals surface area (Å²) in [6, 6.07) is 5.12. The molecule has 0 spiro atoms. The molecule has 3 amide bonds. The Labute approximate surface area is 142 Å². The van der Waals surface area contributed by atoms with Gasteiger partial charge in [-0.15, -0.1) is 0 Å². The first-order chi connectivity index (χ1) is 11.8. The van der Waals surface area contributed by atoms with Crippen LogP contribution in [0, 0.1) is 5.82 Å². The molecule has 1 aromatic rings. The number of carbonyl (C=O) groups is 3. The van der Waals surface area contributed by atoms with Crippen molar-refractivity contribution < 1.29 is 27.6 Å². The lowest BCUT2D eigenvalue weighted by atomic mass is 10.1. The van der Waals surface area contributed by atoms with Crippen LogP contribution in [0.3, 0.4) is 0 Å². The summed E-state index contributed by atoms with van der Waals surface area (Å²) in [6.07, 6.45) is -2.72. The van der Waals surface area contributed by atoms with Crippen molar-refractivity contribution in [1.82, 2.24) is 14.7 Å². The minimum atomic E-state index is -2.72. The van der Waals surface area contributed by atoms with E-state index in [-0.39, 0.29) is 32.1 Å². The van der Waals surface area contributed by atoms with Gasteiger partial charge in [-0.25, -0.2) is 13.2 Å². The van der Waals surface area contributed by atoms with Crippen molar-refractivity contribution in [1.29, 1.82) is 0 Å². The Kier molecular flexibility index (Phi) is 6.00. The first-order valence-corrected chi connectivity index (χ1v) is 7.67. The standard InChI is InChI=1S/C16H18F3N3O3/c1-20(10-13(18)19)15(24)16(25)22-8-6-21(7-9-22)14(23)11-2-4-12(17)5-3-11/h2-5,13H,6-10H2,1H3. The van der Waals surface area contributed by atoms with E-state index in [2.05, 4.69) is 0 Å². The summed E-state index contributed by atoms with van der Waals surface area (Å²) in [7, 11) is 1.14. The SMILES string of the molecule is CN(CC(F)F)C(=O)C(=O)N1CCN(C(=O)c2ccc(F)cc2)CC1. The first-order valence-electron chi connectivity index (χ1n) is 7.67. The first kappa shape index (κ1) is 18.8. The number of likely N-dealkylation sites (N-methyl/N-ethyl adjacent to an activating group) is 1. The number of nitrogens with zero attached hydrogens (tertiary/aromatic N) is 3. The van der Waals surface area contributed by atoms with Gasteiger partial charge in [-0.1, -0.05) is 0 Å². The summed E-state index contributed by atoms with van der Waals surface area (Å²) in [4.78, 5) is 39.6. The smallest absolute Gasteiger partial charge is 0.312 e. The highest BCUT2D eigenvalue weighted by Gasteiger charge is 2.30. The molecule has 0 aliphatic carbocycles. The maximum Gasteiger partial charge on any atom is 0.312 e. The predicted octanol–water partition coefficient (Wildman–Crippen LogP) is 0.834. The van der Waals surface area contributed by atoms with Crippen LogP contribution in [0.1, 0.15) is 10.4 Å². The third-order valence-corrected chi connectivity index (χ3v) is 3.89. The second-order valence-corrected chi connectivity index (χ2v) is 5.67. The second kappa shape index (κ2) is 8.00. The van der Waals surface area contributed by atoms with Crippen molar-refractivity contribution >= 4 is 17.7 Å². The molecule has 0 saturated carbocycles. The van der Waals surface area contributed by atoms with Gasteiger partial charge in [0.2, 0.25) is 0 Å². The van der Waals surface area contributed by atoms with Gasteiger partial charge < -0.3 is 14.7 Å². The molecule has 1 saturated heterocycles. The van der Waals surface area contributed by atoms with Crippen LogP contribution < -0.4 is 0 Å². The van der Waals surface area contributed by atoms with E-state index in [1.54, 1.807) is 0 Å². The highest BCUT2D eigenvalue weighted by molar-refractivity contribution is 6.34. The Morgan fingerprint density at radius 3 is 2.08 bits per heavy atom. The molecule has 0 unspecified atom stereocenters. The van der Waals surface area contributed by atoms with E-state index >= 15 is 0 Å². The van der Waals surface area contributed by atoms with Crippen molar-refractivity contribution in [2.75, 3.05) is 39.8 Å². The summed E-state index contributed by atoms with van der Waals surface area (Å²) in [6.45, 7) is -0.158. The van der Waals surface area contributed by atoms with E-state index in [1.165, 1.54) is 34.1 Å². The Morgan fingerprint density at radius 1 is 1.04 bits per heavy atom. The number of hydrogen-bond donors (Lipinski definition) is 0. The van der Waals surface area contributed by atoms with Crippen LogP contribution in [-0.4, -0.2) is 78.6 Å². The molecule has 0 aromatic heterocycles. The average Bonchev–Trinajstić information content (AvgIpc) is 2.60. The van der Waals surface area contributed by atoms with Gasteiger partial charge in [0.25, 0.3) is 12.3 Å². The minimum absolute atomic E-state index is 0.125. The van der Waals surface area contributed by atoms with Crippen molar-refractivity contribution in [3.8, 4) is 0 Å². The normalized spacial score (nSPS) is 14.6. The molecule has 9 heteroatoms. The number of rotatable bonds is 3. The molecular formula is C16H18F3N3O3. The molecule has 136 valence electrons. The highest BCUT2D eigenvalue weighted by Crippen LogP contribution is 2.11. The second-order valence-electron chi connectivity index (χ2n) is 5.67. The molecule has 1 fully saturated rings. The van der Waals surface area contributed by atoms with Crippen molar-refractivity contribution in [3.05, 3.63) is 35.6 Å². The molecule has 0 bridgehead atoms. The van der Waals surface area contributed by atoms with Gasteiger partial charge in [0.1, 0.15) is 5.82 Å². The summed E-state index contributed by atoms with van der Waals surface area (Å²) < 4.78 is 37.5. The Hall–Kier alpha value is -2.58. The maximum absolute atomic E-state index is 12.9. The van der Waals surface area contributed by atoms with Gasteiger partial charge >= 0.3 is 11.8 Å². The van der Waals surface area contributed by atoms with Crippen molar-refractivity contribution in [2.45, 2.75) is 6.43 Å². The molecule has 25 heavy (non-hydrogen) atoms. The van der Waals surface area contributed by atoms with Gasteiger partial charge in [-0.3, -0.25) is 14.4 Å². The summed E-state index contributed by atoms with van der Waals surface area (Å²) in [5, 5.41) is 0. The number of alkyl halides is 2. The van der Waals surface area contributed by atoms with Gasteiger partial charge in [0.05, 0.1) is 6.54 Å². The summed E-state index contributed by atoms with van der Waals surface area (Å²) in [5.41, 5.74) is 0.328. The van der Waals surface area contributed by atoms with E-state index in [9.17, 15) is 27.6 Å². The average molecular weight is 357 g/mol. The topological polar surface area (TPSA) is 60.9 Å².